The number of hydrogen-bond donors (Lipinski definition) is 1. The van der Waals surface area contributed by atoms with Crippen LogP contribution in [-0.4, -0.2) is 60.9 Å². The predicted octanol–water partition coefficient (Wildman–Crippen LogP) is -0.713. The number of rotatable bonds is 1. The fraction of sp³-hybridized carbons (Fsp3) is 0.818. The van der Waals surface area contributed by atoms with Crippen LogP contribution < -0.4 is 5.32 Å². The summed E-state index contributed by atoms with van der Waals surface area (Å²) in [7, 11) is 0. The molecule has 0 bridgehead atoms. The summed E-state index contributed by atoms with van der Waals surface area (Å²) in [6.45, 7) is 6.08. The molecule has 0 aliphatic carbocycles. The molecule has 90 valence electrons. The van der Waals surface area contributed by atoms with Gasteiger partial charge in [0.2, 0.25) is 11.8 Å². The molecule has 0 saturated carbocycles. The van der Waals surface area contributed by atoms with Gasteiger partial charge in [0.05, 0.1) is 5.92 Å². The maximum atomic E-state index is 12.1. The van der Waals surface area contributed by atoms with Crippen molar-refractivity contribution in [3.63, 3.8) is 0 Å². The molecule has 5 heteroatoms. The Morgan fingerprint density at radius 3 is 2.25 bits per heavy atom. The molecular formula is C11H19N3O2. The van der Waals surface area contributed by atoms with Crippen LogP contribution in [0.3, 0.4) is 0 Å². The van der Waals surface area contributed by atoms with Gasteiger partial charge in [-0.3, -0.25) is 9.59 Å². The Hall–Kier alpha value is -1.10. The Kier molecular flexibility index (Phi) is 3.43. The molecule has 2 fully saturated rings. The minimum atomic E-state index is 0.106. The van der Waals surface area contributed by atoms with Crippen molar-refractivity contribution < 1.29 is 9.59 Å². The lowest BCUT2D eigenvalue weighted by molar-refractivity contribution is -0.140. The number of nitrogens with zero attached hydrogens (tertiary/aromatic N) is 2. The van der Waals surface area contributed by atoms with E-state index in [2.05, 4.69) is 5.32 Å². The van der Waals surface area contributed by atoms with Crippen molar-refractivity contribution in [1.82, 2.24) is 15.1 Å². The largest absolute Gasteiger partial charge is 0.339 e. The van der Waals surface area contributed by atoms with Crippen molar-refractivity contribution in [2.24, 2.45) is 5.92 Å². The monoisotopic (exact) mass is 225 g/mol. The summed E-state index contributed by atoms with van der Waals surface area (Å²) in [6.07, 6.45) is 0.950. The molecule has 0 aromatic heterocycles. The molecule has 2 aliphatic heterocycles. The molecule has 0 spiro atoms. The van der Waals surface area contributed by atoms with Crippen LogP contribution in [0.25, 0.3) is 0 Å². The molecule has 5 nitrogen and oxygen atoms in total. The lowest BCUT2D eigenvalue weighted by atomic mass is 10.1. The van der Waals surface area contributed by atoms with E-state index in [1.807, 2.05) is 4.90 Å². The minimum Gasteiger partial charge on any atom is -0.339 e. The zero-order valence-electron chi connectivity index (χ0n) is 9.74. The molecule has 2 aliphatic rings. The van der Waals surface area contributed by atoms with Crippen molar-refractivity contribution in [2.45, 2.75) is 13.3 Å². The average Bonchev–Trinajstić information content (AvgIpc) is 2.81. The molecular weight excluding hydrogens is 206 g/mol. The van der Waals surface area contributed by atoms with E-state index in [1.54, 1.807) is 11.8 Å². The smallest absolute Gasteiger partial charge is 0.227 e. The second-order valence-electron chi connectivity index (χ2n) is 4.52. The summed E-state index contributed by atoms with van der Waals surface area (Å²) in [4.78, 5) is 26.9. The highest BCUT2D eigenvalue weighted by atomic mass is 16.2. The van der Waals surface area contributed by atoms with E-state index >= 15 is 0 Å². The Morgan fingerprint density at radius 2 is 1.75 bits per heavy atom. The van der Waals surface area contributed by atoms with E-state index in [9.17, 15) is 9.59 Å². The van der Waals surface area contributed by atoms with Crippen LogP contribution in [0.1, 0.15) is 13.3 Å². The Bertz CT molecular complexity index is 279. The standard InChI is InChI=1S/C11H19N3O2/c1-9(15)13-4-6-14(7-5-13)11(16)10-2-3-12-8-10/h10,12H,2-8H2,1H3/t10-/m1/s1. The van der Waals surface area contributed by atoms with Crippen LogP contribution in [0.4, 0.5) is 0 Å². The summed E-state index contributed by atoms with van der Waals surface area (Å²) < 4.78 is 0. The van der Waals surface area contributed by atoms with Crippen molar-refractivity contribution in [2.75, 3.05) is 39.3 Å². The summed E-state index contributed by atoms with van der Waals surface area (Å²) in [6, 6.07) is 0. The van der Waals surface area contributed by atoms with Crippen LogP contribution in [0, 0.1) is 5.92 Å². The van der Waals surface area contributed by atoms with Crippen molar-refractivity contribution in [1.29, 1.82) is 0 Å². The number of nitrogens with one attached hydrogen (secondary N) is 1. The highest BCUT2D eigenvalue weighted by Gasteiger charge is 2.29. The van der Waals surface area contributed by atoms with Gasteiger partial charge in [-0.25, -0.2) is 0 Å². The molecule has 1 N–H and O–H groups in total. The normalized spacial score (nSPS) is 25.9. The van der Waals surface area contributed by atoms with Gasteiger partial charge >= 0.3 is 0 Å². The first kappa shape index (κ1) is 11.4. The molecule has 0 radical (unpaired) electrons. The third-order valence-electron chi connectivity index (χ3n) is 3.45. The third-order valence-corrected chi connectivity index (χ3v) is 3.45. The van der Waals surface area contributed by atoms with Crippen molar-refractivity contribution >= 4 is 11.8 Å². The maximum absolute atomic E-state index is 12.1. The summed E-state index contributed by atoms with van der Waals surface area (Å²) in [5.74, 6) is 0.520. The molecule has 2 rings (SSSR count). The molecule has 0 unspecified atom stereocenters. The van der Waals surface area contributed by atoms with Gasteiger partial charge in [-0.2, -0.15) is 0 Å². The fourth-order valence-corrected chi connectivity index (χ4v) is 2.37. The van der Waals surface area contributed by atoms with E-state index in [4.69, 9.17) is 0 Å². The second kappa shape index (κ2) is 4.82. The van der Waals surface area contributed by atoms with Crippen molar-refractivity contribution in [3.05, 3.63) is 0 Å². The highest BCUT2D eigenvalue weighted by molar-refractivity contribution is 5.80. The van der Waals surface area contributed by atoms with Crippen LogP contribution >= 0.6 is 0 Å². The molecule has 2 amide bonds. The zero-order valence-corrected chi connectivity index (χ0v) is 9.74. The first-order valence-electron chi connectivity index (χ1n) is 5.93. The van der Waals surface area contributed by atoms with Gasteiger partial charge in [-0.15, -0.1) is 0 Å². The molecule has 2 heterocycles. The Balaban J connectivity index is 1.84. The molecule has 0 aromatic carbocycles. The van der Waals surface area contributed by atoms with Gasteiger partial charge < -0.3 is 15.1 Å². The van der Waals surface area contributed by atoms with E-state index in [-0.39, 0.29) is 17.7 Å². The van der Waals surface area contributed by atoms with Crippen LogP contribution in [0.5, 0.6) is 0 Å². The quantitative estimate of drug-likeness (QED) is 0.641. The number of amides is 2. The van der Waals surface area contributed by atoms with Crippen molar-refractivity contribution in [3.8, 4) is 0 Å². The number of hydrogen-bond acceptors (Lipinski definition) is 3. The van der Waals surface area contributed by atoms with Gasteiger partial charge in [-0.05, 0) is 13.0 Å². The lowest BCUT2D eigenvalue weighted by Gasteiger charge is -2.35. The molecule has 16 heavy (non-hydrogen) atoms. The summed E-state index contributed by atoms with van der Waals surface area (Å²) in [5, 5.41) is 3.21. The summed E-state index contributed by atoms with van der Waals surface area (Å²) >= 11 is 0. The Labute approximate surface area is 95.8 Å². The van der Waals surface area contributed by atoms with Gasteiger partial charge in [0.15, 0.2) is 0 Å². The second-order valence-corrected chi connectivity index (χ2v) is 4.52. The van der Waals surface area contributed by atoms with Gasteiger partial charge in [0.1, 0.15) is 0 Å². The molecule has 2 saturated heterocycles. The SMILES string of the molecule is CC(=O)N1CCN(C(=O)[C@@H]2CCNC2)CC1. The zero-order chi connectivity index (χ0) is 11.5. The van der Waals surface area contributed by atoms with Gasteiger partial charge in [0, 0.05) is 39.6 Å². The topological polar surface area (TPSA) is 52.7 Å². The number of carbonyl (C=O) groups excluding carboxylic acids is 2. The first-order valence-corrected chi connectivity index (χ1v) is 5.93. The summed E-state index contributed by atoms with van der Waals surface area (Å²) in [5.41, 5.74) is 0. The van der Waals surface area contributed by atoms with Gasteiger partial charge in [0.25, 0.3) is 0 Å². The molecule has 0 aromatic rings. The van der Waals surface area contributed by atoms with E-state index in [1.165, 1.54) is 0 Å². The third kappa shape index (κ3) is 2.35. The predicted molar refractivity (Wildman–Crippen MR) is 59.8 cm³/mol. The van der Waals surface area contributed by atoms with Crippen LogP contribution in [0.15, 0.2) is 0 Å². The van der Waals surface area contributed by atoms with Gasteiger partial charge in [-0.1, -0.05) is 0 Å². The van der Waals surface area contributed by atoms with E-state index in [0.29, 0.717) is 26.2 Å². The minimum absolute atomic E-state index is 0.106. The number of carbonyl (C=O) groups is 2. The Morgan fingerprint density at radius 1 is 1.12 bits per heavy atom. The molecule has 1 atom stereocenters. The van der Waals surface area contributed by atoms with E-state index < -0.39 is 0 Å². The highest BCUT2D eigenvalue weighted by Crippen LogP contribution is 2.13. The van der Waals surface area contributed by atoms with Crippen LogP contribution in [-0.2, 0) is 9.59 Å². The number of piperazine rings is 1. The lowest BCUT2D eigenvalue weighted by Crippen LogP contribution is -2.51. The average molecular weight is 225 g/mol. The van der Waals surface area contributed by atoms with E-state index in [0.717, 1.165) is 19.5 Å². The fourth-order valence-electron chi connectivity index (χ4n) is 2.37. The maximum Gasteiger partial charge on any atom is 0.227 e. The first-order chi connectivity index (χ1) is 7.68. The van der Waals surface area contributed by atoms with Crippen LogP contribution in [0.2, 0.25) is 0 Å².